The molecule has 0 fully saturated rings. The Morgan fingerprint density at radius 2 is 2.00 bits per heavy atom. The molecule has 0 saturated heterocycles. The summed E-state index contributed by atoms with van der Waals surface area (Å²) in [6, 6.07) is 8.42. The first-order chi connectivity index (χ1) is 10.6. The highest BCUT2D eigenvalue weighted by Gasteiger charge is 2.11. The molecule has 0 aliphatic heterocycles. The van der Waals surface area contributed by atoms with E-state index in [1.165, 1.54) is 17.2 Å². The molecule has 6 heteroatoms. The van der Waals surface area contributed by atoms with Gasteiger partial charge in [0.05, 0.1) is 0 Å². The van der Waals surface area contributed by atoms with Gasteiger partial charge < -0.3 is 9.88 Å². The summed E-state index contributed by atoms with van der Waals surface area (Å²) >= 11 is 0. The van der Waals surface area contributed by atoms with Crippen LogP contribution in [-0.2, 0) is 7.05 Å². The maximum atomic E-state index is 4.44. The SMILES string of the molecule is Cc1nc2ncnn2c(Nc2ccc3ccn(C)c3c2)c1C. The van der Waals surface area contributed by atoms with Crippen molar-refractivity contribution in [2.24, 2.45) is 7.05 Å². The van der Waals surface area contributed by atoms with Gasteiger partial charge in [0.25, 0.3) is 5.78 Å². The fourth-order valence-corrected chi connectivity index (χ4v) is 2.66. The third-order valence-electron chi connectivity index (χ3n) is 4.06. The van der Waals surface area contributed by atoms with Crippen LogP contribution < -0.4 is 5.32 Å². The number of nitrogens with zero attached hydrogens (tertiary/aromatic N) is 5. The quantitative estimate of drug-likeness (QED) is 0.617. The van der Waals surface area contributed by atoms with Crippen molar-refractivity contribution in [3.63, 3.8) is 0 Å². The average Bonchev–Trinajstić information content (AvgIpc) is 3.11. The van der Waals surface area contributed by atoms with Crippen LogP contribution in [0, 0.1) is 13.8 Å². The van der Waals surface area contributed by atoms with Gasteiger partial charge in [0.1, 0.15) is 12.1 Å². The van der Waals surface area contributed by atoms with E-state index in [0.717, 1.165) is 22.8 Å². The van der Waals surface area contributed by atoms with Crippen LogP contribution in [0.2, 0.25) is 0 Å². The van der Waals surface area contributed by atoms with Crippen molar-refractivity contribution in [2.45, 2.75) is 13.8 Å². The molecule has 0 spiro atoms. The monoisotopic (exact) mass is 292 g/mol. The summed E-state index contributed by atoms with van der Waals surface area (Å²) in [5, 5.41) is 8.94. The fourth-order valence-electron chi connectivity index (χ4n) is 2.66. The Hall–Kier alpha value is -2.89. The molecule has 22 heavy (non-hydrogen) atoms. The molecule has 4 rings (SSSR count). The van der Waals surface area contributed by atoms with Gasteiger partial charge in [0.2, 0.25) is 0 Å². The average molecular weight is 292 g/mol. The van der Waals surface area contributed by atoms with E-state index in [0.29, 0.717) is 5.78 Å². The second-order valence-electron chi connectivity index (χ2n) is 5.47. The highest BCUT2D eigenvalue weighted by Crippen LogP contribution is 2.25. The topological polar surface area (TPSA) is 60.0 Å². The Morgan fingerprint density at radius 1 is 1.14 bits per heavy atom. The predicted molar refractivity (Wildman–Crippen MR) is 86.5 cm³/mol. The summed E-state index contributed by atoms with van der Waals surface area (Å²) < 4.78 is 3.84. The Morgan fingerprint density at radius 3 is 2.86 bits per heavy atom. The lowest BCUT2D eigenvalue weighted by Gasteiger charge is -2.13. The summed E-state index contributed by atoms with van der Waals surface area (Å²) in [6.07, 6.45) is 3.58. The van der Waals surface area contributed by atoms with Gasteiger partial charge in [-0.15, -0.1) is 0 Å². The molecule has 0 radical (unpaired) electrons. The molecule has 3 heterocycles. The number of fused-ring (bicyclic) bond motifs is 2. The van der Waals surface area contributed by atoms with Crippen molar-refractivity contribution < 1.29 is 0 Å². The molecule has 6 nitrogen and oxygen atoms in total. The van der Waals surface area contributed by atoms with Crippen molar-refractivity contribution in [1.82, 2.24) is 24.1 Å². The largest absolute Gasteiger partial charge is 0.350 e. The van der Waals surface area contributed by atoms with E-state index in [2.05, 4.69) is 55.4 Å². The Labute approximate surface area is 127 Å². The normalized spacial score (nSPS) is 11.4. The standard InChI is InChI=1S/C16H16N6/c1-10-11(2)19-16-17-9-18-22(16)15(10)20-13-5-4-12-6-7-21(3)14(12)8-13/h4-9,20H,1-3H3. The van der Waals surface area contributed by atoms with Crippen LogP contribution in [0.4, 0.5) is 11.5 Å². The molecule has 0 unspecified atom stereocenters. The van der Waals surface area contributed by atoms with Gasteiger partial charge in [0.15, 0.2) is 0 Å². The van der Waals surface area contributed by atoms with Crippen molar-refractivity contribution in [1.29, 1.82) is 0 Å². The molecule has 0 saturated carbocycles. The number of aryl methyl sites for hydroxylation is 2. The van der Waals surface area contributed by atoms with Crippen LogP contribution in [0.5, 0.6) is 0 Å². The number of nitrogens with one attached hydrogen (secondary N) is 1. The zero-order chi connectivity index (χ0) is 15.3. The van der Waals surface area contributed by atoms with Crippen LogP contribution in [0.3, 0.4) is 0 Å². The molecule has 0 aliphatic rings. The molecule has 3 aromatic heterocycles. The first-order valence-corrected chi connectivity index (χ1v) is 7.12. The zero-order valence-corrected chi connectivity index (χ0v) is 12.7. The van der Waals surface area contributed by atoms with Crippen molar-refractivity contribution in [3.05, 3.63) is 48.0 Å². The van der Waals surface area contributed by atoms with E-state index >= 15 is 0 Å². The first kappa shape index (κ1) is 12.8. The van der Waals surface area contributed by atoms with Gasteiger partial charge in [-0.1, -0.05) is 6.07 Å². The lowest BCUT2D eigenvalue weighted by Crippen LogP contribution is -2.06. The van der Waals surface area contributed by atoms with E-state index in [-0.39, 0.29) is 0 Å². The molecule has 4 aromatic rings. The molecule has 0 amide bonds. The Bertz CT molecular complexity index is 995. The third kappa shape index (κ3) is 1.84. The fraction of sp³-hybridized carbons (Fsp3) is 0.188. The number of aromatic nitrogens is 5. The van der Waals surface area contributed by atoms with E-state index in [4.69, 9.17) is 0 Å². The highest BCUT2D eigenvalue weighted by atomic mass is 15.4. The van der Waals surface area contributed by atoms with E-state index in [9.17, 15) is 0 Å². The van der Waals surface area contributed by atoms with Crippen LogP contribution in [-0.4, -0.2) is 24.1 Å². The molecule has 110 valence electrons. The van der Waals surface area contributed by atoms with Gasteiger partial charge >= 0.3 is 0 Å². The molecular formula is C16H16N6. The number of hydrogen-bond donors (Lipinski definition) is 1. The highest BCUT2D eigenvalue weighted by molar-refractivity contribution is 5.84. The van der Waals surface area contributed by atoms with Crippen LogP contribution >= 0.6 is 0 Å². The summed E-state index contributed by atoms with van der Waals surface area (Å²) in [5.41, 5.74) is 4.20. The van der Waals surface area contributed by atoms with Gasteiger partial charge in [-0.25, -0.2) is 4.98 Å². The molecule has 1 N–H and O–H groups in total. The second kappa shape index (κ2) is 4.56. The summed E-state index contributed by atoms with van der Waals surface area (Å²) in [5.74, 6) is 1.50. The summed E-state index contributed by atoms with van der Waals surface area (Å²) in [4.78, 5) is 8.61. The number of hydrogen-bond acceptors (Lipinski definition) is 4. The van der Waals surface area contributed by atoms with E-state index in [1.807, 2.05) is 20.9 Å². The lowest BCUT2D eigenvalue weighted by atomic mass is 10.2. The minimum Gasteiger partial charge on any atom is -0.350 e. The lowest BCUT2D eigenvalue weighted by molar-refractivity contribution is 0.923. The van der Waals surface area contributed by atoms with Gasteiger partial charge in [-0.05, 0) is 37.4 Å². The van der Waals surface area contributed by atoms with E-state index < -0.39 is 0 Å². The van der Waals surface area contributed by atoms with Crippen LogP contribution in [0.25, 0.3) is 16.7 Å². The molecule has 0 aliphatic carbocycles. The number of benzene rings is 1. The summed E-state index contributed by atoms with van der Waals surface area (Å²) in [7, 11) is 2.05. The zero-order valence-electron chi connectivity index (χ0n) is 12.7. The Kier molecular flexibility index (Phi) is 2.66. The molecular weight excluding hydrogens is 276 g/mol. The maximum Gasteiger partial charge on any atom is 0.254 e. The third-order valence-corrected chi connectivity index (χ3v) is 4.06. The van der Waals surface area contributed by atoms with Gasteiger partial charge in [-0.2, -0.15) is 14.6 Å². The minimum atomic E-state index is 0.602. The second-order valence-corrected chi connectivity index (χ2v) is 5.47. The van der Waals surface area contributed by atoms with Gasteiger partial charge in [0, 0.05) is 35.7 Å². The number of rotatable bonds is 2. The van der Waals surface area contributed by atoms with E-state index in [1.54, 1.807) is 4.52 Å². The maximum absolute atomic E-state index is 4.44. The molecule has 1 aromatic carbocycles. The molecule has 0 atom stereocenters. The summed E-state index contributed by atoms with van der Waals surface area (Å²) in [6.45, 7) is 4.02. The van der Waals surface area contributed by atoms with Crippen molar-refractivity contribution in [2.75, 3.05) is 5.32 Å². The Balaban J connectivity index is 1.86. The predicted octanol–water partition coefficient (Wildman–Crippen LogP) is 2.98. The van der Waals surface area contributed by atoms with Crippen molar-refractivity contribution >= 4 is 28.2 Å². The van der Waals surface area contributed by atoms with Crippen LogP contribution in [0.15, 0.2) is 36.8 Å². The smallest absolute Gasteiger partial charge is 0.254 e. The van der Waals surface area contributed by atoms with Crippen LogP contribution in [0.1, 0.15) is 11.3 Å². The first-order valence-electron chi connectivity index (χ1n) is 7.12. The number of anilines is 2. The minimum absolute atomic E-state index is 0.602. The van der Waals surface area contributed by atoms with Gasteiger partial charge in [-0.3, -0.25) is 0 Å². The van der Waals surface area contributed by atoms with Crippen molar-refractivity contribution in [3.8, 4) is 0 Å². The molecule has 0 bridgehead atoms.